The SMILES string of the molecule is COc1cccc(-c2cc(CC(=O)Nc3ccc(C)c(Cl)c3)no2)c1. The van der Waals surface area contributed by atoms with E-state index in [9.17, 15) is 4.79 Å². The van der Waals surface area contributed by atoms with Gasteiger partial charge in [-0.25, -0.2) is 0 Å². The topological polar surface area (TPSA) is 64.4 Å². The Bertz CT molecular complexity index is 905. The Morgan fingerprint density at radius 3 is 2.84 bits per heavy atom. The molecule has 0 aliphatic rings. The van der Waals surface area contributed by atoms with Crippen LogP contribution in [0.4, 0.5) is 5.69 Å². The maximum absolute atomic E-state index is 12.2. The van der Waals surface area contributed by atoms with Crippen LogP contribution in [-0.2, 0) is 11.2 Å². The van der Waals surface area contributed by atoms with Crippen molar-refractivity contribution in [3.05, 3.63) is 64.8 Å². The third-order valence-electron chi connectivity index (χ3n) is 3.71. The predicted molar refractivity (Wildman–Crippen MR) is 97.0 cm³/mol. The normalized spacial score (nSPS) is 10.5. The molecule has 0 radical (unpaired) electrons. The highest BCUT2D eigenvalue weighted by atomic mass is 35.5. The van der Waals surface area contributed by atoms with Crippen molar-refractivity contribution in [2.24, 2.45) is 0 Å². The van der Waals surface area contributed by atoms with E-state index in [4.69, 9.17) is 20.9 Å². The van der Waals surface area contributed by atoms with Gasteiger partial charge in [0.1, 0.15) is 5.75 Å². The number of methoxy groups -OCH3 is 1. The summed E-state index contributed by atoms with van der Waals surface area (Å²) in [6.07, 6.45) is 0.110. The molecule has 2 aromatic carbocycles. The van der Waals surface area contributed by atoms with Gasteiger partial charge in [-0.1, -0.05) is 35.0 Å². The molecule has 1 heterocycles. The van der Waals surface area contributed by atoms with Crippen molar-refractivity contribution in [3.63, 3.8) is 0 Å². The van der Waals surface area contributed by atoms with Gasteiger partial charge in [-0.2, -0.15) is 0 Å². The minimum Gasteiger partial charge on any atom is -0.497 e. The van der Waals surface area contributed by atoms with Gasteiger partial charge in [0.15, 0.2) is 5.76 Å². The first-order valence-corrected chi connectivity index (χ1v) is 8.09. The summed E-state index contributed by atoms with van der Waals surface area (Å²) in [4.78, 5) is 12.2. The van der Waals surface area contributed by atoms with Crippen LogP contribution in [0.25, 0.3) is 11.3 Å². The lowest BCUT2D eigenvalue weighted by Crippen LogP contribution is -2.14. The van der Waals surface area contributed by atoms with Gasteiger partial charge in [0.05, 0.1) is 19.2 Å². The number of aryl methyl sites for hydroxylation is 1. The number of hydrogen-bond acceptors (Lipinski definition) is 4. The summed E-state index contributed by atoms with van der Waals surface area (Å²) in [6.45, 7) is 1.91. The summed E-state index contributed by atoms with van der Waals surface area (Å²) >= 11 is 6.06. The lowest BCUT2D eigenvalue weighted by atomic mass is 10.1. The van der Waals surface area contributed by atoms with E-state index in [0.29, 0.717) is 22.2 Å². The Hall–Kier alpha value is -2.79. The minimum absolute atomic E-state index is 0.110. The molecular formula is C19H17ClN2O3. The second-order valence-electron chi connectivity index (χ2n) is 5.60. The van der Waals surface area contributed by atoms with Crippen molar-refractivity contribution in [2.75, 3.05) is 12.4 Å². The Morgan fingerprint density at radius 1 is 1.24 bits per heavy atom. The van der Waals surface area contributed by atoms with E-state index in [2.05, 4.69) is 10.5 Å². The number of benzene rings is 2. The Morgan fingerprint density at radius 2 is 2.08 bits per heavy atom. The number of hydrogen-bond donors (Lipinski definition) is 1. The average molecular weight is 357 g/mol. The van der Waals surface area contributed by atoms with Crippen LogP contribution in [0.1, 0.15) is 11.3 Å². The van der Waals surface area contributed by atoms with E-state index < -0.39 is 0 Å². The van der Waals surface area contributed by atoms with Crippen LogP contribution in [0.15, 0.2) is 53.1 Å². The molecule has 3 aromatic rings. The zero-order chi connectivity index (χ0) is 17.8. The molecule has 0 fully saturated rings. The molecule has 0 atom stereocenters. The Balaban J connectivity index is 1.68. The number of nitrogens with zero attached hydrogens (tertiary/aromatic N) is 1. The van der Waals surface area contributed by atoms with Crippen molar-refractivity contribution in [3.8, 4) is 17.1 Å². The van der Waals surface area contributed by atoms with Crippen molar-refractivity contribution >= 4 is 23.2 Å². The predicted octanol–water partition coefficient (Wildman–Crippen LogP) is 4.49. The molecule has 0 aliphatic carbocycles. The van der Waals surface area contributed by atoms with Gasteiger partial charge < -0.3 is 14.6 Å². The zero-order valence-corrected chi connectivity index (χ0v) is 14.6. The van der Waals surface area contributed by atoms with Crippen molar-refractivity contribution in [1.82, 2.24) is 5.16 Å². The summed E-state index contributed by atoms with van der Waals surface area (Å²) in [5.74, 6) is 1.12. The summed E-state index contributed by atoms with van der Waals surface area (Å²) in [5.41, 5.74) is 2.99. The smallest absolute Gasteiger partial charge is 0.230 e. The molecule has 0 saturated carbocycles. The molecule has 3 rings (SSSR count). The number of ether oxygens (including phenoxy) is 1. The number of carbonyl (C=O) groups excluding carboxylic acids is 1. The zero-order valence-electron chi connectivity index (χ0n) is 13.9. The third-order valence-corrected chi connectivity index (χ3v) is 4.12. The van der Waals surface area contributed by atoms with E-state index in [1.807, 2.05) is 43.3 Å². The molecule has 0 saturated heterocycles. The number of rotatable bonds is 5. The minimum atomic E-state index is -0.189. The van der Waals surface area contributed by atoms with E-state index in [0.717, 1.165) is 16.9 Å². The highest BCUT2D eigenvalue weighted by molar-refractivity contribution is 6.31. The van der Waals surface area contributed by atoms with E-state index in [-0.39, 0.29) is 12.3 Å². The number of carbonyl (C=O) groups is 1. The third kappa shape index (κ3) is 4.19. The maximum atomic E-state index is 12.2. The lowest BCUT2D eigenvalue weighted by Gasteiger charge is -2.05. The molecule has 0 bridgehead atoms. The van der Waals surface area contributed by atoms with Crippen molar-refractivity contribution in [1.29, 1.82) is 0 Å². The molecule has 0 spiro atoms. The standard InChI is InChI=1S/C19H17ClN2O3/c1-12-6-7-14(9-17(12)20)21-19(23)11-15-10-18(25-22-15)13-4-3-5-16(8-13)24-2/h3-10H,11H2,1-2H3,(H,21,23). The van der Waals surface area contributed by atoms with Gasteiger partial charge >= 0.3 is 0 Å². The monoisotopic (exact) mass is 356 g/mol. The van der Waals surface area contributed by atoms with Gasteiger partial charge in [-0.05, 0) is 36.8 Å². The number of amides is 1. The van der Waals surface area contributed by atoms with Crippen LogP contribution in [0.2, 0.25) is 5.02 Å². The molecule has 25 heavy (non-hydrogen) atoms. The molecular weight excluding hydrogens is 340 g/mol. The number of nitrogens with one attached hydrogen (secondary N) is 1. The van der Waals surface area contributed by atoms with Crippen LogP contribution in [0.5, 0.6) is 5.75 Å². The molecule has 6 heteroatoms. The van der Waals surface area contributed by atoms with Gasteiger partial charge in [0.2, 0.25) is 5.91 Å². The molecule has 1 aromatic heterocycles. The summed E-state index contributed by atoms with van der Waals surface area (Å²) in [5, 5.41) is 7.37. The second-order valence-corrected chi connectivity index (χ2v) is 6.01. The van der Waals surface area contributed by atoms with Crippen LogP contribution in [0, 0.1) is 6.92 Å². The lowest BCUT2D eigenvalue weighted by molar-refractivity contribution is -0.115. The first-order valence-electron chi connectivity index (χ1n) is 7.71. The van der Waals surface area contributed by atoms with Crippen LogP contribution >= 0.6 is 11.6 Å². The molecule has 1 N–H and O–H groups in total. The molecule has 1 amide bonds. The van der Waals surface area contributed by atoms with Crippen LogP contribution < -0.4 is 10.1 Å². The molecule has 0 unspecified atom stereocenters. The number of halogens is 1. The quantitative estimate of drug-likeness (QED) is 0.731. The fourth-order valence-corrected chi connectivity index (χ4v) is 2.53. The van der Waals surface area contributed by atoms with Crippen molar-refractivity contribution < 1.29 is 14.1 Å². The second kappa shape index (κ2) is 7.40. The summed E-state index contributed by atoms with van der Waals surface area (Å²) in [7, 11) is 1.60. The van der Waals surface area contributed by atoms with Gasteiger partial charge in [-0.15, -0.1) is 0 Å². The van der Waals surface area contributed by atoms with Gasteiger partial charge in [0.25, 0.3) is 0 Å². The highest BCUT2D eigenvalue weighted by Gasteiger charge is 2.12. The Kier molecular flexibility index (Phi) is 5.05. The van der Waals surface area contributed by atoms with Crippen LogP contribution in [0.3, 0.4) is 0 Å². The van der Waals surface area contributed by atoms with E-state index in [1.165, 1.54) is 0 Å². The fourth-order valence-electron chi connectivity index (χ4n) is 2.35. The molecule has 0 aliphatic heterocycles. The first kappa shape index (κ1) is 17.0. The number of anilines is 1. The highest BCUT2D eigenvalue weighted by Crippen LogP contribution is 2.25. The Labute approximate surface area is 150 Å². The molecule has 5 nitrogen and oxygen atoms in total. The average Bonchev–Trinajstić information content (AvgIpc) is 3.06. The molecule has 128 valence electrons. The van der Waals surface area contributed by atoms with Crippen molar-refractivity contribution in [2.45, 2.75) is 13.3 Å². The van der Waals surface area contributed by atoms with E-state index in [1.54, 1.807) is 19.2 Å². The summed E-state index contributed by atoms with van der Waals surface area (Å²) in [6, 6.07) is 14.6. The van der Waals surface area contributed by atoms with E-state index >= 15 is 0 Å². The van der Waals surface area contributed by atoms with Gasteiger partial charge in [0, 0.05) is 22.3 Å². The first-order chi connectivity index (χ1) is 12.0. The van der Waals surface area contributed by atoms with Crippen LogP contribution in [-0.4, -0.2) is 18.2 Å². The maximum Gasteiger partial charge on any atom is 0.230 e. The van der Waals surface area contributed by atoms with Gasteiger partial charge in [-0.3, -0.25) is 4.79 Å². The fraction of sp³-hybridized carbons (Fsp3) is 0.158. The number of aromatic nitrogens is 1. The largest absolute Gasteiger partial charge is 0.497 e. The summed E-state index contributed by atoms with van der Waals surface area (Å²) < 4.78 is 10.5.